The zero-order valence-corrected chi connectivity index (χ0v) is 4.08. The van der Waals surface area contributed by atoms with Crippen LogP contribution < -0.4 is 0 Å². The first-order valence-electron chi connectivity index (χ1n) is 0.289. The number of hydrogen-bond donors (Lipinski definition) is 0. The summed E-state index contributed by atoms with van der Waals surface area (Å²) in [5, 5.41) is 0. The molecule has 0 aromatic rings. The third kappa shape index (κ3) is 20.2. The first kappa shape index (κ1) is 25.2. The van der Waals surface area contributed by atoms with Crippen molar-refractivity contribution in [3.8, 4) is 0 Å². The molecule has 0 N–H and O–H groups in total. The van der Waals surface area contributed by atoms with Crippen LogP contribution in [0.5, 0.6) is 0 Å². The van der Waals surface area contributed by atoms with Gasteiger partial charge in [-0.15, -0.1) is 0 Å². The molecule has 0 saturated carbocycles. The van der Waals surface area contributed by atoms with Gasteiger partial charge in [-0.05, 0) is 0 Å². The molecule has 0 rings (SSSR count). The summed E-state index contributed by atoms with van der Waals surface area (Å²) in [4.78, 5) is 0. The second kappa shape index (κ2) is 29.7. The van der Waals surface area contributed by atoms with Crippen molar-refractivity contribution in [1.29, 1.82) is 0 Å². The summed E-state index contributed by atoms with van der Waals surface area (Å²) < 4.78 is 8.38. The molecule has 0 fully saturated rings. The number of rotatable bonds is 0. The van der Waals surface area contributed by atoms with E-state index in [2.05, 4.69) is 0 Å². The van der Waals surface area contributed by atoms with Crippen molar-refractivity contribution >= 4 is 69.5 Å². The van der Waals surface area contributed by atoms with E-state index in [4.69, 9.17) is 3.57 Å². The second-order valence-electron chi connectivity index (χ2n) is 0. The Morgan fingerprint density at radius 3 is 1.20 bits per heavy atom. The van der Waals surface area contributed by atoms with E-state index < -0.39 is 0 Å². The van der Waals surface area contributed by atoms with Crippen LogP contribution in [0.1, 0.15) is 0 Å². The first-order chi connectivity index (χ1) is 1.00. The molecule has 0 bridgehead atoms. The van der Waals surface area contributed by atoms with Gasteiger partial charge in [0.1, 0.15) is 0 Å². The normalized spacial score (nSPS) is 1.20. The van der Waals surface area contributed by atoms with Crippen LogP contribution in [0.3, 0.4) is 0 Å². The van der Waals surface area contributed by atoms with E-state index in [0.717, 1.165) is 0 Å². The molecule has 0 heterocycles. The van der Waals surface area contributed by atoms with Gasteiger partial charge in [0, 0.05) is 0 Å². The topological polar surface area (TPSA) is 17.1 Å². The fourth-order valence-corrected chi connectivity index (χ4v) is 0. The first-order valence-corrected chi connectivity index (χ1v) is 1.50. The molecule has 5 heavy (non-hydrogen) atoms. The Bertz CT molecular complexity index is 11.6. The van der Waals surface area contributed by atoms with Crippen LogP contribution >= 0.6 is 0 Å². The Morgan fingerprint density at radius 2 is 1.20 bits per heavy atom. The molecule has 0 amide bonds. The van der Waals surface area contributed by atoms with Crippen molar-refractivity contribution in [2.45, 2.75) is 0 Å². The van der Waals surface area contributed by atoms with E-state index in [1.165, 1.54) is 0 Å². The van der Waals surface area contributed by atoms with E-state index in [9.17, 15) is 0 Å². The second-order valence-corrected chi connectivity index (χ2v) is 0. The molecule has 0 atom stereocenters. The summed E-state index contributed by atoms with van der Waals surface area (Å²) >= 11 is 0.125. The molecular formula is H10GaInOSnZn. The number of hydrogen-bond acceptors (Lipinski definition) is 1. The van der Waals surface area contributed by atoms with Crippen molar-refractivity contribution in [3.63, 3.8) is 0 Å². The van der Waals surface area contributed by atoms with Gasteiger partial charge in [-0.3, -0.25) is 0 Å². The van der Waals surface area contributed by atoms with Crippen LogP contribution in [0.4, 0.5) is 0 Å². The standard InChI is InChI=1S/Ga.In.O.Sn.Zn.10H. The fraction of sp³-hybridized carbons (Fsp3) is 0. The fourth-order valence-electron chi connectivity index (χ4n) is 0. The van der Waals surface area contributed by atoms with Crippen molar-refractivity contribution in [1.82, 2.24) is 0 Å². The van der Waals surface area contributed by atoms with Crippen LogP contribution in [-0.2, 0) is 21.8 Å². The predicted molar refractivity (Wildman–Crippen MR) is 31.9 cm³/mol. The Morgan fingerprint density at radius 1 is 1.20 bits per heavy atom. The molecule has 0 unspecified atom stereocenters. The van der Waals surface area contributed by atoms with Crippen molar-refractivity contribution < 1.29 is 21.8 Å². The Hall–Kier alpha value is 2.73. The average molecular weight is 395 g/mol. The van der Waals surface area contributed by atoms with Crippen LogP contribution in [-0.4, -0.2) is 69.5 Å². The summed E-state index contributed by atoms with van der Waals surface area (Å²) in [7, 11) is 0. The van der Waals surface area contributed by atoms with Crippen molar-refractivity contribution in [2.75, 3.05) is 0 Å². The molecule has 0 aromatic carbocycles. The maximum absolute atomic E-state index is 8.38. The van der Waals surface area contributed by atoms with Crippen molar-refractivity contribution in [2.24, 2.45) is 0 Å². The molecule has 0 spiro atoms. The van der Waals surface area contributed by atoms with E-state index >= 15 is 0 Å². The van der Waals surface area contributed by atoms with E-state index in [1.807, 2.05) is 0 Å². The molecule has 0 saturated heterocycles. The quantitative estimate of drug-likeness (QED) is 0.384. The van der Waals surface area contributed by atoms with Gasteiger partial charge in [0.15, 0.2) is 0 Å². The van der Waals surface area contributed by atoms with Gasteiger partial charge in [-0.1, -0.05) is 0 Å². The maximum atomic E-state index is 8.38. The third-order valence-corrected chi connectivity index (χ3v) is 0. The van der Waals surface area contributed by atoms with Gasteiger partial charge >= 0.3 is 91.4 Å². The van der Waals surface area contributed by atoms with Crippen LogP contribution in [0, 0.1) is 0 Å². The molecule has 28 valence electrons. The van der Waals surface area contributed by atoms with Gasteiger partial charge in [-0.25, -0.2) is 0 Å². The monoisotopic (exact) mass is 394 g/mol. The minimum atomic E-state index is 0. The Labute approximate surface area is 89.8 Å². The summed E-state index contributed by atoms with van der Waals surface area (Å²) in [6.07, 6.45) is 0. The zero-order chi connectivity index (χ0) is 2.00. The molecule has 0 radical (unpaired) electrons. The molecule has 0 aliphatic rings. The summed E-state index contributed by atoms with van der Waals surface area (Å²) in [5.74, 6) is 0. The molecular weight excluding hydrogens is 385 g/mol. The van der Waals surface area contributed by atoms with E-state index in [-0.39, 0.29) is 87.8 Å². The minimum absolute atomic E-state index is 0. The van der Waals surface area contributed by atoms with Gasteiger partial charge in [0.2, 0.25) is 0 Å². The van der Waals surface area contributed by atoms with Crippen LogP contribution in [0.15, 0.2) is 0 Å². The summed E-state index contributed by atoms with van der Waals surface area (Å²) in [6, 6.07) is 0. The Kier molecular flexibility index (Phi) is 149. The molecule has 1 nitrogen and oxygen atoms in total. The molecule has 5 heteroatoms. The molecule has 0 aliphatic carbocycles. The summed E-state index contributed by atoms with van der Waals surface area (Å²) in [6.45, 7) is 0. The van der Waals surface area contributed by atoms with Gasteiger partial charge in [-0.2, -0.15) is 0 Å². The van der Waals surface area contributed by atoms with Crippen LogP contribution in [0.2, 0.25) is 0 Å². The molecule has 0 aromatic heterocycles. The SMILES string of the molecule is [GaH3].[InH3].[O]=[Zn].[SnH4]. The van der Waals surface area contributed by atoms with E-state index in [1.54, 1.807) is 0 Å². The summed E-state index contributed by atoms with van der Waals surface area (Å²) in [5.41, 5.74) is 0. The van der Waals surface area contributed by atoms with Gasteiger partial charge < -0.3 is 0 Å². The Balaban J connectivity index is -0.00000000167. The van der Waals surface area contributed by atoms with Gasteiger partial charge in [0.05, 0.1) is 0 Å². The average Bonchev–Trinajstić information content (AvgIpc) is 1.00. The van der Waals surface area contributed by atoms with E-state index in [0.29, 0.717) is 0 Å². The molecule has 0 aliphatic heterocycles. The van der Waals surface area contributed by atoms with Crippen LogP contribution in [0.25, 0.3) is 0 Å². The predicted octanol–water partition coefficient (Wildman–Crippen LogP) is -3.94. The third-order valence-electron chi connectivity index (χ3n) is 0. The van der Waals surface area contributed by atoms with Gasteiger partial charge in [0.25, 0.3) is 0 Å². The zero-order valence-electron chi connectivity index (χ0n) is 1.12. The van der Waals surface area contributed by atoms with Crippen molar-refractivity contribution in [3.05, 3.63) is 0 Å².